The number of piperidine rings is 1. The van der Waals surface area contributed by atoms with Crippen molar-refractivity contribution in [2.24, 2.45) is 0 Å². The van der Waals surface area contributed by atoms with Crippen molar-refractivity contribution >= 4 is 0 Å². The van der Waals surface area contributed by atoms with Crippen LogP contribution in [0.25, 0.3) is 0 Å². The van der Waals surface area contributed by atoms with Crippen LogP contribution in [-0.2, 0) is 0 Å². The molecular weight excluding hydrogens is 196 g/mol. The van der Waals surface area contributed by atoms with E-state index in [0.717, 1.165) is 6.04 Å². The minimum Gasteiger partial charge on any atom is -0.323 e. The summed E-state index contributed by atoms with van der Waals surface area (Å²) < 4.78 is 0. The van der Waals surface area contributed by atoms with E-state index in [4.69, 9.17) is 0 Å². The van der Waals surface area contributed by atoms with E-state index < -0.39 is 0 Å². The molecule has 0 bridgehead atoms. The molecule has 0 aromatic rings. The summed E-state index contributed by atoms with van der Waals surface area (Å²) in [6.07, 6.45) is 4.28. The maximum absolute atomic E-state index is 2.75. The lowest BCUT2D eigenvalue weighted by atomic mass is 10.1. The number of hydrogen-bond donors (Lipinski definition) is 1. The highest BCUT2D eigenvalue weighted by atomic mass is 15.1. The first-order valence-corrected chi connectivity index (χ1v) is 7.05. The molecule has 1 saturated heterocycles. The predicted molar refractivity (Wildman–Crippen MR) is 78.2 cm³/mol. The van der Waals surface area contributed by atoms with Gasteiger partial charge in [0, 0.05) is 6.04 Å². The Hall–Kier alpha value is -0.0800. The third-order valence-electron chi connectivity index (χ3n) is 2.12. The molecule has 0 atom stereocenters. The monoisotopic (exact) mass is 232 g/mol. The van der Waals surface area contributed by atoms with Crippen molar-refractivity contribution in [1.29, 1.82) is 0 Å². The molecule has 0 unspecified atom stereocenters. The normalized spacial score (nSPS) is 14.8. The lowest BCUT2D eigenvalue weighted by molar-refractivity contribution is 0.185. The fourth-order valence-corrected chi connectivity index (χ4v) is 1.43. The molecule has 1 aliphatic heterocycles. The number of nitrogens with one attached hydrogen (secondary N) is 1. The van der Waals surface area contributed by atoms with E-state index in [0.29, 0.717) is 0 Å². The van der Waals surface area contributed by atoms with Gasteiger partial charge >= 0.3 is 0 Å². The van der Waals surface area contributed by atoms with Crippen molar-refractivity contribution in [3.05, 3.63) is 0 Å². The van der Waals surface area contributed by atoms with Crippen LogP contribution in [0.1, 0.15) is 60.8 Å². The molecule has 1 N–H and O–H groups in total. The van der Waals surface area contributed by atoms with Gasteiger partial charge in [0.05, 0.1) is 0 Å². The molecule has 0 radical (unpaired) electrons. The maximum Gasteiger partial charge on any atom is 0.00385 e. The predicted octanol–water partition coefficient (Wildman–Crippen LogP) is 3.77. The summed E-state index contributed by atoms with van der Waals surface area (Å²) in [7, 11) is 3.75. The van der Waals surface area contributed by atoms with Crippen molar-refractivity contribution in [3.63, 3.8) is 0 Å². The minimum atomic E-state index is 0.769. The molecule has 16 heavy (non-hydrogen) atoms. The van der Waals surface area contributed by atoms with Crippen molar-refractivity contribution in [3.8, 4) is 0 Å². The molecule has 0 saturated carbocycles. The van der Waals surface area contributed by atoms with Gasteiger partial charge in [0.15, 0.2) is 0 Å². The van der Waals surface area contributed by atoms with Gasteiger partial charge in [-0.25, -0.2) is 0 Å². The SMILES string of the molecule is CC.CC.CC(C)N1CCCCC1.CNC. The van der Waals surface area contributed by atoms with Gasteiger partial charge in [-0.2, -0.15) is 0 Å². The average molecular weight is 232 g/mol. The van der Waals surface area contributed by atoms with E-state index in [1.165, 1.54) is 32.4 Å². The Balaban J connectivity index is -0.000000206. The summed E-state index contributed by atoms with van der Waals surface area (Å²) >= 11 is 0. The Morgan fingerprint density at radius 2 is 1.12 bits per heavy atom. The Kier molecular flexibility index (Phi) is 27.0. The minimum absolute atomic E-state index is 0.769. The van der Waals surface area contributed by atoms with Gasteiger partial charge in [0.2, 0.25) is 0 Å². The largest absolute Gasteiger partial charge is 0.323 e. The quantitative estimate of drug-likeness (QED) is 0.740. The van der Waals surface area contributed by atoms with Gasteiger partial charge in [0.1, 0.15) is 0 Å². The van der Waals surface area contributed by atoms with Gasteiger partial charge in [-0.05, 0) is 53.9 Å². The zero-order valence-corrected chi connectivity index (χ0v) is 13.1. The van der Waals surface area contributed by atoms with Crippen LogP contribution in [0.2, 0.25) is 0 Å². The second-order valence-electron chi connectivity index (χ2n) is 3.69. The average Bonchev–Trinajstić information content (AvgIpc) is 2.36. The van der Waals surface area contributed by atoms with E-state index in [9.17, 15) is 0 Å². The van der Waals surface area contributed by atoms with Crippen LogP contribution in [0.4, 0.5) is 0 Å². The molecule has 1 heterocycles. The van der Waals surface area contributed by atoms with Crippen LogP contribution >= 0.6 is 0 Å². The molecule has 102 valence electrons. The van der Waals surface area contributed by atoms with Crippen molar-refractivity contribution in [2.45, 2.75) is 66.8 Å². The zero-order valence-electron chi connectivity index (χ0n) is 13.1. The van der Waals surface area contributed by atoms with Gasteiger partial charge < -0.3 is 10.2 Å². The molecular formula is C14H36N2. The number of rotatable bonds is 1. The van der Waals surface area contributed by atoms with E-state index in [1.807, 2.05) is 41.8 Å². The molecule has 1 aliphatic rings. The first-order chi connectivity index (χ1) is 7.72. The second kappa shape index (κ2) is 20.3. The fraction of sp³-hybridized carbons (Fsp3) is 1.00. The van der Waals surface area contributed by atoms with Gasteiger partial charge in [-0.15, -0.1) is 0 Å². The summed E-state index contributed by atoms with van der Waals surface area (Å²) in [4.78, 5) is 2.56. The molecule has 2 nitrogen and oxygen atoms in total. The Morgan fingerprint density at radius 1 is 0.812 bits per heavy atom. The van der Waals surface area contributed by atoms with E-state index >= 15 is 0 Å². The Labute approximate surface area is 105 Å². The first-order valence-electron chi connectivity index (χ1n) is 7.05. The van der Waals surface area contributed by atoms with Gasteiger partial charge in [-0.3, -0.25) is 0 Å². The third kappa shape index (κ3) is 16.4. The van der Waals surface area contributed by atoms with Crippen LogP contribution < -0.4 is 5.32 Å². The summed E-state index contributed by atoms with van der Waals surface area (Å²) in [5, 5.41) is 2.75. The molecule has 0 spiro atoms. The van der Waals surface area contributed by atoms with Crippen molar-refractivity contribution in [1.82, 2.24) is 10.2 Å². The number of nitrogens with zero attached hydrogens (tertiary/aromatic N) is 1. The van der Waals surface area contributed by atoms with Crippen LogP contribution in [0.3, 0.4) is 0 Å². The number of hydrogen-bond acceptors (Lipinski definition) is 2. The Morgan fingerprint density at radius 3 is 1.31 bits per heavy atom. The highest BCUT2D eigenvalue weighted by Crippen LogP contribution is 2.10. The summed E-state index contributed by atoms with van der Waals surface area (Å²) in [6.45, 7) is 15.2. The van der Waals surface area contributed by atoms with E-state index in [2.05, 4.69) is 24.1 Å². The highest BCUT2D eigenvalue weighted by Gasteiger charge is 2.11. The summed E-state index contributed by atoms with van der Waals surface area (Å²) in [5.74, 6) is 0. The first kappa shape index (κ1) is 21.2. The summed E-state index contributed by atoms with van der Waals surface area (Å²) in [6, 6.07) is 0.769. The van der Waals surface area contributed by atoms with Crippen LogP contribution in [-0.4, -0.2) is 38.1 Å². The maximum atomic E-state index is 2.75. The zero-order chi connectivity index (χ0) is 13.4. The van der Waals surface area contributed by atoms with Gasteiger partial charge in [-0.1, -0.05) is 34.1 Å². The van der Waals surface area contributed by atoms with E-state index in [1.54, 1.807) is 0 Å². The molecule has 0 aromatic carbocycles. The second-order valence-corrected chi connectivity index (χ2v) is 3.69. The smallest absolute Gasteiger partial charge is 0.00385 e. The molecule has 0 aliphatic carbocycles. The lowest BCUT2D eigenvalue weighted by Crippen LogP contribution is -2.35. The lowest BCUT2D eigenvalue weighted by Gasteiger charge is -2.29. The van der Waals surface area contributed by atoms with Crippen LogP contribution in [0.5, 0.6) is 0 Å². The topological polar surface area (TPSA) is 15.3 Å². The summed E-state index contributed by atoms with van der Waals surface area (Å²) in [5.41, 5.74) is 0. The molecule has 1 fully saturated rings. The van der Waals surface area contributed by atoms with Gasteiger partial charge in [0.25, 0.3) is 0 Å². The molecule has 2 heteroatoms. The van der Waals surface area contributed by atoms with Crippen LogP contribution in [0, 0.1) is 0 Å². The van der Waals surface area contributed by atoms with Crippen molar-refractivity contribution in [2.75, 3.05) is 27.2 Å². The molecule has 0 aromatic heterocycles. The molecule has 0 amide bonds. The standard InChI is InChI=1S/C8H17N.C2H7N.2C2H6/c1-8(2)9-6-4-3-5-7-9;1-3-2;2*1-2/h8H,3-7H2,1-2H3;3H,1-2H3;2*1-2H3. The van der Waals surface area contributed by atoms with E-state index in [-0.39, 0.29) is 0 Å². The van der Waals surface area contributed by atoms with Crippen LogP contribution in [0.15, 0.2) is 0 Å². The third-order valence-corrected chi connectivity index (χ3v) is 2.12. The number of likely N-dealkylation sites (tertiary alicyclic amines) is 1. The molecule has 1 rings (SSSR count). The highest BCUT2D eigenvalue weighted by molar-refractivity contribution is 4.67. The Bertz CT molecular complexity index is 86.7. The fourth-order valence-electron chi connectivity index (χ4n) is 1.43. The van der Waals surface area contributed by atoms with Crippen molar-refractivity contribution < 1.29 is 0 Å².